The molecule has 8 heavy (non-hydrogen) atoms. The normalized spacial score (nSPS) is 19.5. The zero-order valence-electron chi connectivity index (χ0n) is 4.48. The van der Waals surface area contributed by atoms with Gasteiger partial charge in [-0.05, 0) is 18.6 Å². The molecule has 0 heterocycles. The van der Waals surface area contributed by atoms with Crippen LogP contribution in [-0.2, 0) is 4.79 Å². The third kappa shape index (κ3) is 1.03. The molecule has 1 aliphatic rings. The number of hydrogen-bond donors (Lipinski definition) is 1. The van der Waals surface area contributed by atoms with Gasteiger partial charge in [-0.1, -0.05) is 0 Å². The van der Waals surface area contributed by atoms with Crippen molar-refractivity contribution in [3.05, 3.63) is 12.2 Å². The molecule has 2 heteroatoms. The van der Waals surface area contributed by atoms with E-state index in [1.165, 1.54) is 6.08 Å². The molecule has 0 spiro atoms. The van der Waals surface area contributed by atoms with E-state index < -0.39 is 0 Å². The molecule has 1 rings (SSSR count). The van der Waals surface area contributed by atoms with Gasteiger partial charge >= 0.3 is 0 Å². The second kappa shape index (κ2) is 1.90. The van der Waals surface area contributed by atoms with E-state index in [1.807, 2.05) is 0 Å². The van der Waals surface area contributed by atoms with Crippen LogP contribution in [0.25, 0.3) is 0 Å². The van der Waals surface area contributed by atoms with Crippen molar-refractivity contribution in [1.82, 2.24) is 0 Å². The Balaban J connectivity index is 2.68. The number of hydrogen-bond acceptors (Lipinski definition) is 2. The zero-order chi connectivity index (χ0) is 5.98. The second-order valence-corrected chi connectivity index (χ2v) is 1.82. The molecule has 0 aromatic carbocycles. The fraction of sp³-hybridized carbons (Fsp3) is 0.333. The van der Waals surface area contributed by atoms with Crippen LogP contribution in [0.3, 0.4) is 0 Å². The first-order valence-electron chi connectivity index (χ1n) is 2.57. The molecule has 1 aliphatic carbocycles. The smallest absolute Gasteiger partial charge is 0.156 e. The topological polar surface area (TPSA) is 40.9 Å². The highest BCUT2D eigenvalue weighted by Gasteiger charge is 2.03. The van der Waals surface area contributed by atoms with Gasteiger partial charge in [-0.25, -0.2) is 0 Å². The van der Waals surface area contributed by atoms with Crippen LogP contribution in [0.2, 0.25) is 0 Å². The van der Waals surface area contributed by atoms with Gasteiger partial charge in [0.1, 0.15) is 0 Å². The fourth-order valence-electron chi connectivity index (χ4n) is 0.618. The van der Waals surface area contributed by atoms with Crippen molar-refractivity contribution in [2.24, 2.45) is 0 Å². The van der Waals surface area contributed by atoms with Crippen molar-refractivity contribution < 1.29 is 4.79 Å². The SMILES string of the molecule is N=C1C=CC(=O)CC1. The van der Waals surface area contributed by atoms with Crippen LogP contribution in [0.5, 0.6) is 0 Å². The Labute approximate surface area is 47.7 Å². The third-order valence-electron chi connectivity index (χ3n) is 1.11. The highest BCUT2D eigenvalue weighted by Crippen LogP contribution is 2.01. The lowest BCUT2D eigenvalue weighted by molar-refractivity contribution is -0.114. The number of carbonyl (C=O) groups excluding carboxylic acids is 1. The maximum Gasteiger partial charge on any atom is 0.156 e. The number of rotatable bonds is 0. The van der Waals surface area contributed by atoms with Crippen molar-refractivity contribution in [2.45, 2.75) is 12.8 Å². The van der Waals surface area contributed by atoms with E-state index >= 15 is 0 Å². The Hall–Kier alpha value is -0.920. The first-order valence-corrected chi connectivity index (χ1v) is 2.57. The Morgan fingerprint density at radius 3 is 2.50 bits per heavy atom. The summed E-state index contributed by atoms with van der Waals surface area (Å²) in [5, 5.41) is 7.04. The molecule has 0 bridgehead atoms. The molecule has 0 saturated heterocycles. The summed E-state index contributed by atoms with van der Waals surface area (Å²) in [4.78, 5) is 10.4. The molecule has 42 valence electrons. The summed E-state index contributed by atoms with van der Waals surface area (Å²) >= 11 is 0. The van der Waals surface area contributed by atoms with Crippen LogP contribution in [-0.4, -0.2) is 11.5 Å². The third-order valence-corrected chi connectivity index (χ3v) is 1.11. The van der Waals surface area contributed by atoms with Crippen LogP contribution >= 0.6 is 0 Å². The Morgan fingerprint density at radius 2 is 2.12 bits per heavy atom. The molecule has 0 aliphatic heterocycles. The van der Waals surface area contributed by atoms with Gasteiger partial charge in [-0.15, -0.1) is 0 Å². The molecule has 0 saturated carbocycles. The van der Waals surface area contributed by atoms with Gasteiger partial charge in [-0.2, -0.15) is 0 Å². The monoisotopic (exact) mass is 109 g/mol. The van der Waals surface area contributed by atoms with E-state index in [9.17, 15) is 4.79 Å². The maximum absolute atomic E-state index is 10.4. The van der Waals surface area contributed by atoms with E-state index in [2.05, 4.69) is 0 Å². The maximum atomic E-state index is 10.4. The number of allylic oxidation sites excluding steroid dienone is 2. The van der Waals surface area contributed by atoms with Gasteiger partial charge in [0.15, 0.2) is 5.78 Å². The minimum absolute atomic E-state index is 0.140. The minimum Gasteiger partial charge on any atom is -0.305 e. The first kappa shape index (κ1) is 5.22. The lowest BCUT2D eigenvalue weighted by Crippen LogP contribution is -2.04. The molecule has 0 atom stereocenters. The summed E-state index contributed by atoms with van der Waals surface area (Å²) in [6.45, 7) is 0. The van der Waals surface area contributed by atoms with Gasteiger partial charge < -0.3 is 5.41 Å². The van der Waals surface area contributed by atoms with Crippen LogP contribution < -0.4 is 0 Å². The lowest BCUT2D eigenvalue weighted by atomic mass is 10.1. The molecule has 0 radical (unpaired) electrons. The van der Waals surface area contributed by atoms with Crippen molar-refractivity contribution in [1.29, 1.82) is 5.41 Å². The van der Waals surface area contributed by atoms with Crippen LogP contribution in [0, 0.1) is 5.41 Å². The average Bonchev–Trinajstić information content (AvgIpc) is 1.77. The summed E-state index contributed by atoms with van der Waals surface area (Å²) in [6.07, 6.45) is 4.17. The van der Waals surface area contributed by atoms with Crippen LogP contribution in [0.15, 0.2) is 12.2 Å². The molecular formula is C6H7NO. The highest BCUT2D eigenvalue weighted by atomic mass is 16.1. The van der Waals surface area contributed by atoms with Crippen molar-refractivity contribution in [2.75, 3.05) is 0 Å². The van der Waals surface area contributed by atoms with Crippen molar-refractivity contribution in [3.8, 4) is 0 Å². The van der Waals surface area contributed by atoms with Gasteiger partial charge in [0.25, 0.3) is 0 Å². The largest absolute Gasteiger partial charge is 0.305 e. The quantitative estimate of drug-likeness (QED) is 0.493. The molecule has 0 amide bonds. The lowest BCUT2D eigenvalue weighted by Gasteiger charge is -1.99. The van der Waals surface area contributed by atoms with Gasteiger partial charge in [0.05, 0.1) is 0 Å². The average molecular weight is 109 g/mol. The molecule has 1 N–H and O–H groups in total. The zero-order valence-corrected chi connectivity index (χ0v) is 4.48. The molecular weight excluding hydrogens is 102 g/mol. The van der Waals surface area contributed by atoms with E-state index in [4.69, 9.17) is 5.41 Å². The molecule has 2 nitrogen and oxygen atoms in total. The van der Waals surface area contributed by atoms with Crippen molar-refractivity contribution in [3.63, 3.8) is 0 Å². The first-order chi connectivity index (χ1) is 3.79. The molecule has 0 fully saturated rings. The predicted molar refractivity (Wildman–Crippen MR) is 31.1 cm³/mol. The van der Waals surface area contributed by atoms with Gasteiger partial charge in [0.2, 0.25) is 0 Å². The van der Waals surface area contributed by atoms with E-state index in [1.54, 1.807) is 6.08 Å². The molecule has 0 unspecified atom stereocenters. The van der Waals surface area contributed by atoms with Gasteiger partial charge in [0, 0.05) is 12.1 Å². The van der Waals surface area contributed by atoms with Crippen LogP contribution in [0.4, 0.5) is 0 Å². The predicted octanol–water partition coefficient (Wildman–Crippen LogP) is 0.925. The Morgan fingerprint density at radius 1 is 1.38 bits per heavy atom. The van der Waals surface area contributed by atoms with Crippen LogP contribution in [0.1, 0.15) is 12.8 Å². The summed E-state index contributed by atoms with van der Waals surface area (Å²) in [6, 6.07) is 0. The summed E-state index contributed by atoms with van der Waals surface area (Å²) in [7, 11) is 0. The second-order valence-electron chi connectivity index (χ2n) is 1.82. The van der Waals surface area contributed by atoms with E-state index in [0.717, 1.165) is 0 Å². The van der Waals surface area contributed by atoms with E-state index in [0.29, 0.717) is 18.6 Å². The molecule has 0 aromatic rings. The highest BCUT2D eigenvalue weighted by molar-refractivity contribution is 6.05. The number of carbonyl (C=O) groups is 1. The van der Waals surface area contributed by atoms with E-state index in [-0.39, 0.29) is 5.78 Å². The summed E-state index contributed by atoms with van der Waals surface area (Å²) in [5.74, 6) is 0.140. The Kier molecular flexibility index (Phi) is 1.24. The Bertz CT molecular complexity index is 140. The number of ketones is 1. The summed E-state index contributed by atoms with van der Waals surface area (Å²) in [5.41, 5.74) is 0.560. The summed E-state index contributed by atoms with van der Waals surface area (Å²) < 4.78 is 0. The number of nitrogens with one attached hydrogen (secondary N) is 1. The molecule has 0 aromatic heterocycles. The minimum atomic E-state index is 0.140. The fourth-order valence-corrected chi connectivity index (χ4v) is 0.618. The van der Waals surface area contributed by atoms with Crippen molar-refractivity contribution >= 4 is 11.5 Å². The standard InChI is InChI=1S/C6H7NO/c7-5-1-3-6(8)4-2-5/h1,3,7H,2,4H2. The van der Waals surface area contributed by atoms with Gasteiger partial charge in [-0.3, -0.25) is 4.79 Å².